The number of hydrogen-bond donors (Lipinski definition) is 1. The number of halogens is 1. The molecule has 0 aliphatic heterocycles. The topological polar surface area (TPSA) is 30.5 Å². The third kappa shape index (κ3) is 3.42. The van der Waals surface area contributed by atoms with Gasteiger partial charge in [-0.2, -0.15) is 0 Å². The second-order valence-electron chi connectivity index (χ2n) is 5.17. The van der Waals surface area contributed by atoms with E-state index in [4.69, 9.17) is 9.47 Å². The molecule has 3 nitrogen and oxygen atoms in total. The van der Waals surface area contributed by atoms with Crippen molar-refractivity contribution < 1.29 is 9.47 Å². The zero-order valence-corrected chi connectivity index (χ0v) is 13.4. The van der Waals surface area contributed by atoms with Crippen LogP contribution in [-0.2, 0) is 6.54 Å². The Labute approximate surface area is 123 Å². The maximum absolute atomic E-state index is 5.36. The van der Waals surface area contributed by atoms with E-state index in [9.17, 15) is 0 Å². The second-order valence-corrected chi connectivity index (χ2v) is 6.03. The molecule has 1 aromatic rings. The van der Waals surface area contributed by atoms with E-state index in [1.165, 1.54) is 24.8 Å². The molecule has 0 saturated heterocycles. The number of methoxy groups -OCH3 is 2. The highest BCUT2D eigenvalue weighted by molar-refractivity contribution is 9.10. The van der Waals surface area contributed by atoms with Crippen LogP contribution in [0.5, 0.6) is 11.5 Å². The molecule has 1 aliphatic carbocycles. The van der Waals surface area contributed by atoms with Gasteiger partial charge in [-0.05, 0) is 59.3 Å². The number of hydrogen-bond acceptors (Lipinski definition) is 3. The van der Waals surface area contributed by atoms with Gasteiger partial charge in [-0.1, -0.05) is 6.42 Å². The lowest BCUT2D eigenvalue weighted by Crippen LogP contribution is -2.36. The van der Waals surface area contributed by atoms with E-state index in [2.05, 4.69) is 34.2 Å². The Kier molecular flexibility index (Phi) is 5.11. The molecule has 1 atom stereocenters. The van der Waals surface area contributed by atoms with Gasteiger partial charge in [0.05, 0.1) is 18.7 Å². The quantitative estimate of drug-likeness (QED) is 0.863. The first-order valence-corrected chi connectivity index (χ1v) is 7.58. The molecule has 1 unspecified atom stereocenters. The molecule has 1 saturated carbocycles. The molecule has 1 aromatic carbocycles. The molecular formula is C15H22BrNO2. The van der Waals surface area contributed by atoms with Gasteiger partial charge in [-0.3, -0.25) is 0 Å². The van der Waals surface area contributed by atoms with Crippen molar-refractivity contribution in [3.63, 3.8) is 0 Å². The highest BCUT2D eigenvalue weighted by atomic mass is 79.9. The van der Waals surface area contributed by atoms with Gasteiger partial charge in [-0.25, -0.2) is 0 Å². The highest BCUT2D eigenvalue weighted by Gasteiger charge is 2.23. The summed E-state index contributed by atoms with van der Waals surface area (Å²) in [6.45, 7) is 3.14. The van der Waals surface area contributed by atoms with Crippen LogP contribution < -0.4 is 14.8 Å². The van der Waals surface area contributed by atoms with Crippen molar-refractivity contribution in [1.82, 2.24) is 5.32 Å². The van der Waals surface area contributed by atoms with Crippen molar-refractivity contribution in [3.8, 4) is 11.5 Å². The fraction of sp³-hybridized carbons (Fsp3) is 0.600. The fourth-order valence-corrected chi connectivity index (χ4v) is 3.11. The highest BCUT2D eigenvalue weighted by Crippen LogP contribution is 2.36. The first-order valence-electron chi connectivity index (χ1n) is 6.79. The molecular weight excluding hydrogens is 306 g/mol. The number of benzene rings is 1. The monoisotopic (exact) mass is 327 g/mol. The van der Waals surface area contributed by atoms with Gasteiger partial charge < -0.3 is 14.8 Å². The minimum atomic E-state index is 0.584. The molecule has 1 fully saturated rings. The largest absolute Gasteiger partial charge is 0.493 e. The summed E-state index contributed by atoms with van der Waals surface area (Å²) in [5, 5.41) is 3.60. The predicted octanol–water partition coefficient (Wildman–Crippen LogP) is 3.74. The average Bonchev–Trinajstić information content (AvgIpc) is 2.33. The standard InChI is InChI=1S/C15H22BrNO2/c1-10(12-5-4-6-12)17-9-11-7-13(16)15(19-3)14(8-11)18-2/h7-8,10,12,17H,4-6,9H2,1-3H3. The predicted molar refractivity (Wildman–Crippen MR) is 80.9 cm³/mol. The maximum Gasteiger partial charge on any atom is 0.174 e. The summed E-state index contributed by atoms with van der Waals surface area (Å²) < 4.78 is 11.6. The van der Waals surface area contributed by atoms with Crippen LogP contribution >= 0.6 is 15.9 Å². The van der Waals surface area contributed by atoms with Crippen LogP contribution in [0.2, 0.25) is 0 Å². The van der Waals surface area contributed by atoms with Crippen molar-refractivity contribution in [2.45, 2.75) is 38.8 Å². The first-order chi connectivity index (χ1) is 9.15. The summed E-state index contributed by atoms with van der Waals surface area (Å²) in [6.07, 6.45) is 4.12. The van der Waals surface area contributed by atoms with E-state index in [-0.39, 0.29) is 0 Å². The van der Waals surface area contributed by atoms with Crippen molar-refractivity contribution in [3.05, 3.63) is 22.2 Å². The number of nitrogens with one attached hydrogen (secondary N) is 1. The molecule has 0 bridgehead atoms. The fourth-order valence-electron chi connectivity index (χ4n) is 2.46. The van der Waals surface area contributed by atoms with E-state index in [0.717, 1.165) is 28.4 Å². The second kappa shape index (κ2) is 6.62. The van der Waals surface area contributed by atoms with Crippen molar-refractivity contribution >= 4 is 15.9 Å². The molecule has 0 radical (unpaired) electrons. The van der Waals surface area contributed by atoms with Gasteiger partial charge in [-0.15, -0.1) is 0 Å². The van der Waals surface area contributed by atoms with Gasteiger partial charge in [0.25, 0.3) is 0 Å². The average molecular weight is 328 g/mol. The van der Waals surface area contributed by atoms with Gasteiger partial charge >= 0.3 is 0 Å². The Balaban J connectivity index is 2.01. The number of rotatable bonds is 6. The van der Waals surface area contributed by atoms with Crippen LogP contribution in [0.4, 0.5) is 0 Å². The van der Waals surface area contributed by atoms with Crippen LogP contribution in [0.1, 0.15) is 31.7 Å². The molecule has 0 heterocycles. The van der Waals surface area contributed by atoms with Crippen molar-refractivity contribution in [1.29, 1.82) is 0 Å². The Hall–Kier alpha value is -0.740. The molecule has 1 aliphatic rings. The van der Waals surface area contributed by atoms with E-state index >= 15 is 0 Å². The van der Waals surface area contributed by atoms with Gasteiger partial charge in [0, 0.05) is 12.6 Å². The molecule has 0 amide bonds. The first kappa shape index (κ1) is 14.7. The summed E-state index contributed by atoms with van der Waals surface area (Å²) in [5.41, 5.74) is 1.20. The van der Waals surface area contributed by atoms with E-state index in [1.807, 2.05) is 6.07 Å². The van der Waals surface area contributed by atoms with Gasteiger partial charge in [0.1, 0.15) is 0 Å². The Morgan fingerprint density at radius 3 is 2.58 bits per heavy atom. The molecule has 106 valence electrons. The summed E-state index contributed by atoms with van der Waals surface area (Å²) in [4.78, 5) is 0. The molecule has 4 heteroatoms. The van der Waals surface area contributed by atoms with E-state index < -0.39 is 0 Å². The lowest BCUT2D eigenvalue weighted by Gasteiger charge is -2.32. The summed E-state index contributed by atoms with van der Waals surface area (Å²) >= 11 is 3.53. The molecule has 1 N–H and O–H groups in total. The van der Waals surface area contributed by atoms with Crippen molar-refractivity contribution in [2.24, 2.45) is 5.92 Å². The van der Waals surface area contributed by atoms with E-state index in [0.29, 0.717) is 6.04 Å². The third-order valence-corrected chi connectivity index (χ3v) is 4.57. The molecule has 2 rings (SSSR count). The normalized spacial score (nSPS) is 16.8. The summed E-state index contributed by atoms with van der Waals surface area (Å²) in [6, 6.07) is 4.70. The lowest BCUT2D eigenvalue weighted by molar-refractivity contribution is 0.240. The zero-order valence-electron chi connectivity index (χ0n) is 11.8. The maximum atomic E-state index is 5.36. The molecule has 0 spiro atoms. The van der Waals surface area contributed by atoms with Gasteiger partial charge in [0.15, 0.2) is 11.5 Å². The van der Waals surface area contributed by atoms with Crippen LogP contribution in [0.3, 0.4) is 0 Å². The minimum absolute atomic E-state index is 0.584. The summed E-state index contributed by atoms with van der Waals surface area (Å²) in [7, 11) is 3.32. The lowest BCUT2D eigenvalue weighted by atomic mass is 9.80. The number of ether oxygens (including phenoxy) is 2. The van der Waals surface area contributed by atoms with Crippen molar-refractivity contribution in [2.75, 3.05) is 14.2 Å². The molecule has 19 heavy (non-hydrogen) atoms. The van der Waals surface area contributed by atoms with Crippen LogP contribution in [0.25, 0.3) is 0 Å². The third-order valence-electron chi connectivity index (χ3n) is 3.98. The van der Waals surface area contributed by atoms with Crippen LogP contribution in [0.15, 0.2) is 16.6 Å². The Morgan fingerprint density at radius 2 is 2.05 bits per heavy atom. The Morgan fingerprint density at radius 1 is 1.32 bits per heavy atom. The SMILES string of the molecule is COc1cc(CNC(C)C2CCC2)cc(Br)c1OC. The van der Waals surface area contributed by atoms with Gasteiger partial charge in [0.2, 0.25) is 0 Å². The van der Waals surface area contributed by atoms with Crippen LogP contribution in [0, 0.1) is 5.92 Å². The van der Waals surface area contributed by atoms with E-state index in [1.54, 1.807) is 14.2 Å². The summed E-state index contributed by atoms with van der Waals surface area (Å²) in [5.74, 6) is 2.37. The Bertz CT molecular complexity index is 432. The van der Waals surface area contributed by atoms with Crippen LogP contribution in [-0.4, -0.2) is 20.3 Å². The zero-order chi connectivity index (χ0) is 13.8. The molecule has 0 aromatic heterocycles. The smallest absolute Gasteiger partial charge is 0.174 e. The minimum Gasteiger partial charge on any atom is -0.493 e.